The summed E-state index contributed by atoms with van der Waals surface area (Å²) in [6.07, 6.45) is 3.25. The molecule has 0 aliphatic carbocycles. The molecule has 2 N–H and O–H groups in total. The Morgan fingerprint density at radius 3 is 2.55 bits per heavy atom. The van der Waals surface area contributed by atoms with Crippen LogP contribution < -0.4 is 10.5 Å². The Balaban J connectivity index is 2.18. The summed E-state index contributed by atoms with van der Waals surface area (Å²) in [4.78, 5) is 12.5. The first-order valence-corrected chi connectivity index (χ1v) is 9.58. The van der Waals surface area contributed by atoms with Gasteiger partial charge in [-0.1, -0.05) is 12.1 Å². The van der Waals surface area contributed by atoms with Gasteiger partial charge < -0.3 is 19.9 Å². The van der Waals surface area contributed by atoms with E-state index in [9.17, 15) is 10.1 Å². The molecule has 1 aliphatic rings. The second-order valence-electron chi connectivity index (χ2n) is 6.50. The molecular weight excluding hydrogens is 370 g/mol. The minimum absolute atomic E-state index is 0.0132. The van der Waals surface area contributed by atoms with Gasteiger partial charge in [-0.25, -0.2) is 4.79 Å². The summed E-state index contributed by atoms with van der Waals surface area (Å²) in [7, 11) is 0. The molecule has 0 fully saturated rings. The molecule has 7 heteroatoms. The van der Waals surface area contributed by atoms with Gasteiger partial charge in [-0.15, -0.1) is 0 Å². The maximum Gasteiger partial charge on any atom is 0.338 e. The van der Waals surface area contributed by atoms with E-state index in [1.54, 1.807) is 38.1 Å². The van der Waals surface area contributed by atoms with E-state index in [0.29, 0.717) is 24.5 Å². The summed E-state index contributed by atoms with van der Waals surface area (Å²) >= 11 is 0. The molecule has 29 heavy (non-hydrogen) atoms. The van der Waals surface area contributed by atoms with Crippen molar-refractivity contribution in [3.63, 3.8) is 0 Å². The Kier molecular flexibility index (Phi) is 8.12. The maximum atomic E-state index is 12.5. The summed E-state index contributed by atoms with van der Waals surface area (Å²) in [5.74, 6) is -0.195. The number of carbonyl (C=O) groups excluding carboxylic acids is 1. The Labute approximate surface area is 171 Å². The third-order valence-corrected chi connectivity index (χ3v) is 4.52. The molecule has 0 amide bonds. The Morgan fingerprint density at radius 2 is 1.93 bits per heavy atom. The number of benzene rings is 1. The molecule has 7 nitrogen and oxygen atoms in total. The average Bonchev–Trinajstić information content (AvgIpc) is 2.70. The summed E-state index contributed by atoms with van der Waals surface area (Å²) < 4.78 is 16.3. The van der Waals surface area contributed by atoms with E-state index in [1.807, 2.05) is 0 Å². The number of esters is 1. The number of hydrogen-bond acceptors (Lipinski definition) is 7. The highest BCUT2D eigenvalue weighted by atomic mass is 16.5. The van der Waals surface area contributed by atoms with E-state index < -0.39 is 11.9 Å². The molecule has 1 heterocycles. The lowest BCUT2D eigenvalue weighted by Gasteiger charge is -2.26. The van der Waals surface area contributed by atoms with Crippen molar-refractivity contribution < 1.29 is 19.0 Å². The van der Waals surface area contributed by atoms with Crippen molar-refractivity contribution in [3.05, 3.63) is 52.6 Å². The third kappa shape index (κ3) is 5.52. The minimum Gasteiger partial charge on any atom is -0.494 e. The van der Waals surface area contributed by atoms with E-state index in [2.05, 4.69) is 12.1 Å². The number of allylic oxidation sites excluding steroid dienone is 2. The third-order valence-electron chi connectivity index (χ3n) is 4.52. The van der Waals surface area contributed by atoms with Gasteiger partial charge in [0.1, 0.15) is 23.2 Å². The SMILES string of the molecule is CCOC(=O)C1=C(C)OC(N)=C(C#N)C1c1ccc(OCCCCCC#N)cc1. The van der Waals surface area contributed by atoms with E-state index in [4.69, 9.17) is 25.2 Å². The summed E-state index contributed by atoms with van der Waals surface area (Å²) in [6.45, 7) is 4.12. The van der Waals surface area contributed by atoms with Gasteiger partial charge in [0.2, 0.25) is 5.88 Å². The zero-order chi connectivity index (χ0) is 21.2. The van der Waals surface area contributed by atoms with Gasteiger partial charge in [-0.2, -0.15) is 10.5 Å². The molecule has 0 aromatic heterocycles. The highest BCUT2D eigenvalue weighted by Crippen LogP contribution is 2.39. The quantitative estimate of drug-likeness (QED) is 0.499. The molecule has 0 bridgehead atoms. The summed E-state index contributed by atoms with van der Waals surface area (Å²) in [5, 5.41) is 18.1. The fourth-order valence-corrected chi connectivity index (χ4v) is 3.12. The second kappa shape index (κ2) is 10.8. The fraction of sp³-hybridized carbons (Fsp3) is 0.409. The van der Waals surface area contributed by atoms with Crippen molar-refractivity contribution in [1.82, 2.24) is 0 Å². The average molecular weight is 395 g/mol. The monoisotopic (exact) mass is 395 g/mol. The van der Waals surface area contributed by atoms with Crippen LogP contribution in [0.15, 0.2) is 47.1 Å². The highest BCUT2D eigenvalue weighted by Gasteiger charge is 2.36. The number of nitriles is 2. The van der Waals surface area contributed by atoms with Gasteiger partial charge in [0.05, 0.1) is 30.8 Å². The van der Waals surface area contributed by atoms with Gasteiger partial charge in [-0.05, 0) is 50.8 Å². The van der Waals surface area contributed by atoms with Crippen LogP contribution in [0.1, 0.15) is 51.0 Å². The molecule has 1 aliphatic heterocycles. The first-order chi connectivity index (χ1) is 14.0. The van der Waals surface area contributed by atoms with Gasteiger partial charge in [-0.3, -0.25) is 0 Å². The van der Waals surface area contributed by atoms with E-state index in [0.717, 1.165) is 24.8 Å². The molecule has 0 spiro atoms. The van der Waals surface area contributed by atoms with Gasteiger partial charge >= 0.3 is 5.97 Å². The van der Waals surface area contributed by atoms with Crippen LogP contribution in [0.2, 0.25) is 0 Å². The molecule has 1 aromatic carbocycles. The van der Waals surface area contributed by atoms with Crippen LogP contribution in [-0.2, 0) is 14.3 Å². The standard InChI is InChI=1S/C22H25N3O4/c1-3-27-22(26)19-15(2)29-21(25)18(14-24)20(19)16-8-10-17(11-9-16)28-13-7-5-4-6-12-23/h8-11,20H,3-7,13,25H2,1-2H3. The zero-order valence-corrected chi connectivity index (χ0v) is 16.7. The number of ether oxygens (including phenoxy) is 3. The smallest absolute Gasteiger partial charge is 0.338 e. The molecule has 0 radical (unpaired) electrons. The van der Waals surface area contributed by atoms with Gasteiger partial charge in [0.15, 0.2) is 0 Å². The van der Waals surface area contributed by atoms with Crippen molar-refractivity contribution in [1.29, 1.82) is 10.5 Å². The molecule has 1 atom stereocenters. The van der Waals surface area contributed by atoms with E-state index in [-0.39, 0.29) is 23.6 Å². The van der Waals surface area contributed by atoms with Crippen LogP contribution >= 0.6 is 0 Å². The van der Waals surface area contributed by atoms with Crippen molar-refractivity contribution in [2.75, 3.05) is 13.2 Å². The molecule has 1 unspecified atom stereocenters. The molecule has 0 saturated carbocycles. The van der Waals surface area contributed by atoms with Crippen LogP contribution in [0, 0.1) is 22.7 Å². The lowest BCUT2D eigenvalue weighted by atomic mass is 9.83. The van der Waals surface area contributed by atoms with Crippen molar-refractivity contribution in [2.45, 2.75) is 45.4 Å². The predicted molar refractivity (Wildman–Crippen MR) is 106 cm³/mol. The number of hydrogen-bond donors (Lipinski definition) is 1. The van der Waals surface area contributed by atoms with E-state index >= 15 is 0 Å². The van der Waals surface area contributed by atoms with Crippen LogP contribution in [0.4, 0.5) is 0 Å². The first-order valence-electron chi connectivity index (χ1n) is 9.58. The molecule has 0 saturated heterocycles. The Hall–Kier alpha value is -3.45. The van der Waals surface area contributed by atoms with Crippen LogP contribution in [0.5, 0.6) is 5.75 Å². The first kappa shape index (κ1) is 21.8. The Morgan fingerprint density at radius 1 is 1.21 bits per heavy atom. The zero-order valence-electron chi connectivity index (χ0n) is 16.7. The predicted octanol–water partition coefficient (Wildman–Crippen LogP) is 3.79. The van der Waals surface area contributed by atoms with Gasteiger partial charge in [0, 0.05) is 6.42 Å². The van der Waals surface area contributed by atoms with Crippen LogP contribution in [0.25, 0.3) is 0 Å². The van der Waals surface area contributed by atoms with Crippen LogP contribution in [0.3, 0.4) is 0 Å². The fourth-order valence-electron chi connectivity index (χ4n) is 3.12. The molecular formula is C22H25N3O4. The van der Waals surface area contributed by atoms with Crippen molar-refractivity contribution in [3.8, 4) is 17.9 Å². The second-order valence-corrected chi connectivity index (χ2v) is 6.50. The lowest BCUT2D eigenvalue weighted by Crippen LogP contribution is -2.25. The van der Waals surface area contributed by atoms with Crippen molar-refractivity contribution in [2.24, 2.45) is 5.73 Å². The molecule has 2 rings (SSSR count). The largest absolute Gasteiger partial charge is 0.494 e. The minimum atomic E-state index is -0.659. The van der Waals surface area contributed by atoms with Gasteiger partial charge in [0.25, 0.3) is 0 Å². The molecule has 152 valence electrons. The van der Waals surface area contributed by atoms with E-state index in [1.165, 1.54) is 0 Å². The summed E-state index contributed by atoms with van der Waals surface area (Å²) in [6, 6.07) is 11.4. The summed E-state index contributed by atoms with van der Waals surface area (Å²) in [5.41, 5.74) is 7.05. The normalized spacial score (nSPS) is 15.9. The van der Waals surface area contributed by atoms with Crippen molar-refractivity contribution >= 4 is 5.97 Å². The van der Waals surface area contributed by atoms with Crippen LogP contribution in [-0.4, -0.2) is 19.2 Å². The number of unbranched alkanes of at least 4 members (excludes halogenated alkanes) is 3. The topological polar surface area (TPSA) is 118 Å². The molecule has 1 aromatic rings. The maximum absolute atomic E-state index is 12.5. The number of nitrogens with two attached hydrogens (primary N) is 1. The highest BCUT2D eigenvalue weighted by molar-refractivity contribution is 5.92. The number of carbonyl (C=O) groups is 1. The lowest BCUT2D eigenvalue weighted by molar-refractivity contribution is -0.139. The Bertz CT molecular complexity index is 873. The number of rotatable bonds is 9. The number of nitrogens with zero attached hydrogens (tertiary/aromatic N) is 2.